The fourth-order valence-electron chi connectivity index (χ4n) is 1.56. The number of nitrogens with zero attached hydrogens (tertiary/aromatic N) is 1. The molecule has 0 radical (unpaired) electrons. The molecule has 0 spiro atoms. The number of nitrogens with one attached hydrogen (secondary N) is 1. The molecule has 0 aliphatic carbocycles. The first-order chi connectivity index (χ1) is 6.16. The standard InChI is InChI=1S/C8H12N2O2S/c1-10-3-2-5-6(4-10)13-7(9-5)8(11)12/h7,9H,2-4H2,1H3,(H,11,12). The van der Waals surface area contributed by atoms with Crippen LogP contribution in [0.25, 0.3) is 0 Å². The first-order valence-electron chi connectivity index (χ1n) is 4.23. The molecule has 1 atom stereocenters. The number of carboxylic acids is 1. The largest absolute Gasteiger partial charge is 0.479 e. The van der Waals surface area contributed by atoms with Gasteiger partial charge in [0.15, 0.2) is 5.37 Å². The van der Waals surface area contributed by atoms with Crippen LogP contribution in [0.4, 0.5) is 0 Å². The molecule has 0 aromatic heterocycles. The smallest absolute Gasteiger partial charge is 0.337 e. The molecule has 0 amide bonds. The monoisotopic (exact) mass is 200 g/mol. The van der Waals surface area contributed by atoms with Gasteiger partial charge in [0, 0.05) is 30.1 Å². The Morgan fingerprint density at radius 2 is 2.54 bits per heavy atom. The van der Waals surface area contributed by atoms with Gasteiger partial charge in [-0.2, -0.15) is 0 Å². The summed E-state index contributed by atoms with van der Waals surface area (Å²) < 4.78 is 0. The van der Waals surface area contributed by atoms with Crippen molar-refractivity contribution in [3.63, 3.8) is 0 Å². The van der Waals surface area contributed by atoms with Crippen LogP contribution >= 0.6 is 11.8 Å². The van der Waals surface area contributed by atoms with Gasteiger partial charge < -0.3 is 15.3 Å². The highest BCUT2D eigenvalue weighted by molar-refractivity contribution is 8.04. The van der Waals surface area contributed by atoms with Crippen molar-refractivity contribution in [1.29, 1.82) is 0 Å². The number of hydrogen-bond donors (Lipinski definition) is 2. The molecule has 1 unspecified atom stereocenters. The summed E-state index contributed by atoms with van der Waals surface area (Å²) in [5, 5.41) is 11.4. The highest BCUT2D eigenvalue weighted by Crippen LogP contribution is 2.34. The van der Waals surface area contributed by atoms with Gasteiger partial charge in [0.25, 0.3) is 0 Å². The fraction of sp³-hybridized carbons (Fsp3) is 0.625. The van der Waals surface area contributed by atoms with Gasteiger partial charge in [0.1, 0.15) is 0 Å². The van der Waals surface area contributed by atoms with E-state index < -0.39 is 11.3 Å². The maximum atomic E-state index is 10.7. The molecule has 2 N–H and O–H groups in total. The predicted octanol–water partition coefficient (Wildman–Crippen LogP) is 0.281. The SMILES string of the molecule is CN1CCC2=C(C1)SC(C(=O)O)N2. The Kier molecular flexibility index (Phi) is 2.21. The van der Waals surface area contributed by atoms with E-state index in [1.807, 2.05) is 0 Å². The lowest BCUT2D eigenvalue weighted by atomic mass is 10.2. The lowest BCUT2D eigenvalue weighted by Gasteiger charge is -2.22. The van der Waals surface area contributed by atoms with E-state index in [2.05, 4.69) is 17.3 Å². The van der Waals surface area contributed by atoms with Gasteiger partial charge in [-0.1, -0.05) is 11.8 Å². The minimum Gasteiger partial charge on any atom is -0.479 e. The number of aliphatic carboxylic acids is 1. The van der Waals surface area contributed by atoms with Crippen LogP contribution in [0.2, 0.25) is 0 Å². The van der Waals surface area contributed by atoms with E-state index in [0.717, 1.165) is 25.2 Å². The molecule has 2 aliphatic heterocycles. The summed E-state index contributed by atoms with van der Waals surface area (Å²) in [6, 6.07) is 0. The minimum atomic E-state index is -0.776. The molecule has 2 heterocycles. The summed E-state index contributed by atoms with van der Waals surface area (Å²) in [5.41, 5.74) is 1.13. The van der Waals surface area contributed by atoms with Gasteiger partial charge in [0.2, 0.25) is 0 Å². The molecule has 0 bridgehead atoms. The molecule has 2 aliphatic rings. The lowest BCUT2D eigenvalue weighted by Crippen LogP contribution is -2.31. The summed E-state index contributed by atoms with van der Waals surface area (Å²) in [5.74, 6) is -0.776. The first-order valence-corrected chi connectivity index (χ1v) is 5.11. The van der Waals surface area contributed by atoms with Crippen molar-refractivity contribution in [3.05, 3.63) is 10.6 Å². The highest BCUT2D eigenvalue weighted by atomic mass is 32.2. The molecular weight excluding hydrogens is 188 g/mol. The molecule has 2 rings (SSSR count). The van der Waals surface area contributed by atoms with Crippen LogP contribution in [-0.4, -0.2) is 41.5 Å². The normalized spacial score (nSPS) is 28.5. The number of carbonyl (C=O) groups is 1. The van der Waals surface area contributed by atoms with E-state index in [0.29, 0.717) is 0 Å². The van der Waals surface area contributed by atoms with E-state index in [1.54, 1.807) is 0 Å². The molecule has 0 aromatic rings. The van der Waals surface area contributed by atoms with Crippen LogP contribution < -0.4 is 5.32 Å². The van der Waals surface area contributed by atoms with Gasteiger partial charge in [-0.15, -0.1) is 0 Å². The third-order valence-electron chi connectivity index (χ3n) is 2.28. The number of carboxylic acid groups (broad SMARTS) is 1. The number of hydrogen-bond acceptors (Lipinski definition) is 4. The van der Waals surface area contributed by atoms with Crippen molar-refractivity contribution in [2.45, 2.75) is 11.8 Å². The molecule has 0 aromatic carbocycles. The Morgan fingerprint density at radius 1 is 1.77 bits per heavy atom. The Labute approximate surface area is 81.0 Å². The van der Waals surface area contributed by atoms with Crippen molar-refractivity contribution >= 4 is 17.7 Å². The van der Waals surface area contributed by atoms with Gasteiger partial charge in [-0.3, -0.25) is 0 Å². The van der Waals surface area contributed by atoms with Gasteiger partial charge in [0.05, 0.1) is 0 Å². The topological polar surface area (TPSA) is 52.6 Å². The van der Waals surface area contributed by atoms with E-state index in [9.17, 15) is 4.79 Å². The van der Waals surface area contributed by atoms with Crippen LogP contribution in [0.1, 0.15) is 6.42 Å². The fourth-order valence-corrected chi connectivity index (χ4v) is 2.75. The van der Waals surface area contributed by atoms with E-state index >= 15 is 0 Å². The quantitative estimate of drug-likeness (QED) is 0.637. The molecule has 72 valence electrons. The Hall–Kier alpha value is -0.680. The minimum absolute atomic E-state index is 0.462. The zero-order valence-corrected chi connectivity index (χ0v) is 8.23. The molecule has 0 saturated heterocycles. The van der Waals surface area contributed by atoms with Crippen LogP contribution in [0.15, 0.2) is 10.6 Å². The molecule has 5 heteroatoms. The zero-order chi connectivity index (χ0) is 9.42. The summed E-state index contributed by atoms with van der Waals surface area (Å²) in [7, 11) is 2.05. The Morgan fingerprint density at radius 3 is 3.23 bits per heavy atom. The number of thioether (sulfide) groups is 1. The van der Waals surface area contributed by atoms with Crippen LogP contribution in [0, 0.1) is 0 Å². The number of rotatable bonds is 1. The summed E-state index contributed by atoms with van der Waals surface area (Å²) in [4.78, 5) is 14.1. The van der Waals surface area contributed by atoms with E-state index in [-0.39, 0.29) is 0 Å². The van der Waals surface area contributed by atoms with Crippen molar-refractivity contribution in [1.82, 2.24) is 10.2 Å². The second-order valence-electron chi connectivity index (χ2n) is 3.37. The van der Waals surface area contributed by atoms with Crippen LogP contribution in [0.5, 0.6) is 0 Å². The van der Waals surface area contributed by atoms with Crippen molar-refractivity contribution in [3.8, 4) is 0 Å². The van der Waals surface area contributed by atoms with E-state index in [1.165, 1.54) is 16.7 Å². The van der Waals surface area contributed by atoms with Crippen LogP contribution in [-0.2, 0) is 4.79 Å². The Bertz CT molecular complexity index is 277. The van der Waals surface area contributed by atoms with Gasteiger partial charge in [-0.05, 0) is 7.05 Å². The zero-order valence-electron chi connectivity index (χ0n) is 7.41. The van der Waals surface area contributed by atoms with Crippen molar-refractivity contribution < 1.29 is 9.90 Å². The average molecular weight is 200 g/mol. The maximum Gasteiger partial charge on any atom is 0.337 e. The molecule has 0 saturated carbocycles. The summed E-state index contributed by atoms with van der Waals surface area (Å²) in [6.45, 7) is 1.90. The Balaban J connectivity index is 2.06. The van der Waals surface area contributed by atoms with Crippen molar-refractivity contribution in [2.24, 2.45) is 0 Å². The van der Waals surface area contributed by atoms with E-state index in [4.69, 9.17) is 5.11 Å². The molecule has 0 fully saturated rings. The molecular formula is C8H12N2O2S. The first kappa shape index (κ1) is 8.90. The maximum absolute atomic E-state index is 10.7. The summed E-state index contributed by atoms with van der Waals surface area (Å²) >= 11 is 1.43. The van der Waals surface area contributed by atoms with Crippen molar-refractivity contribution in [2.75, 3.05) is 20.1 Å². The third kappa shape index (κ3) is 1.66. The van der Waals surface area contributed by atoms with Crippen LogP contribution in [0.3, 0.4) is 0 Å². The number of likely N-dealkylation sites (N-methyl/N-ethyl adjacent to an activating group) is 1. The second kappa shape index (κ2) is 3.23. The van der Waals surface area contributed by atoms with Gasteiger partial charge >= 0.3 is 5.97 Å². The highest BCUT2D eigenvalue weighted by Gasteiger charge is 2.31. The molecule has 4 nitrogen and oxygen atoms in total. The second-order valence-corrected chi connectivity index (χ2v) is 4.57. The molecule has 13 heavy (non-hydrogen) atoms. The predicted molar refractivity (Wildman–Crippen MR) is 51.3 cm³/mol. The van der Waals surface area contributed by atoms with Gasteiger partial charge in [-0.25, -0.2) is 4.79 Å². The third-order valence-corrected chi connectivity index (χ3v) is 3.50. The average Bonchev–Trinajstić information content (AvgIpc) is 2.46. The lowest BCUT2D eigenvalue weighted by molar-refractivity contribution is -0.136. The summed E-state index contributed by atoms with van der Waals surface area (Å²) in [6.07, 6.45) is 0.947.